The van der Waals surface area contributed by atoms with Gasteiger partial charge in [-0.3, -0.25) is 4.79 Å². The SMILES string of the molecule is O=C(Nc1ccc(F)cc1Cl)c1cc(Br)ccc1I. The molecular formula is C13H7BrClFINO. The molecule has 2 nitrogen and oxygen atoms in total. The fraction of sp³-hybridized carbons (Fsp3) is 0. The van der Waals surface area contributed by atoms with E-state index >= 15 is 0 Å². The molecule has 19 heavy (non-hydrogen) atoms. The van der Waals surface area contributed by atoms with E-state index in [-0.39, 0.29) is 10.9 Å². The van der Waals surface area contributed by atoms with Crippen LogP contribution in [0.25, 0.3) is 0 Å². The zero-order valence-corrected chi connectivity index (χ0v) is 13.9. The van der Waals surface area contributed by atoms with Crippen molar-refractivity contribution in [3.05, 3.63) is 60.8 Å². The summed E-state index contributed by atoms with van der Waals surface area (Å²) in [5.74, 6) is -0.737. The first-order chi connectivity index (χ1) is 8.97. The Morgan fingerprint density at radius 1 is 1.26 bits per heavy atom. The van der Waals surface area contributed by atoms with Crippen LogP contribution in [0.4, 0.5) is 10.1 Å². The average molecular weight is 454 g/mol. The van der Waals surface area contributed by atoms with E-state index in [0.717, 1.165) is 14.1 Å². The summed E-state index contributed by atoms with van der Waals surface area (Å²) >= 11 is 11.3. The minimum atomic E-state index is -0.444. The van der Waals surface area contributed by atoms with E-state index in [4.69, 9.17) is 11.6 Å². The highest BCUT2D eigenvalue weighted by Crippen LogP contribution is 2.24. The molecule has 6 heteroatoms. The van der Waals surface area contributed by atoms with Gasteiger partial charge in [-0.25, -0.2) is 4.39 Å². The molecule has 0 saturated heterocycles. The molecule has 0 fully saturated rings. The van der Waals surface area contributed by atoms with Crippen LogP contribution in [-0.2, 0) is 0 Å². The van der Waals surface area contributed by atoms with Crippen molar-refractivity contribution in [3.63, 3.8) is 0 Å². The lowest BCUT2D eigenvalue weighted by Crippen LogP contribution is -2.13. The Morgan fingerprint density at radius 3 is 2.68 bits per heavy atom. The van der Waals surface area contributed by atoms with Crippen LogP contribution in [-0.4, -0.2) is 5.91 Å². The molecule has 0 aliphatic carbocycles. The van der Waals surface area contributed by atoms with Gasteiger partial charge in [-0.1, -0.05) is 27.5 Å². The van der Waals surface area contributed by atoms with Gasteiger partial charge in [0.25, 0.3) is 5.91 Å². The molecule has 2 rings (SSSR count). The fourth-order valence-corrected chi connectivity index (χ4v) is 2.61. The van der Waals surface area contributed by atoms with Crippen LogP contribution in [0.15, 0.2) is 40.9 Å². The van der Waals surface area contributed by atoms with Crippen LogP contribution >= 0.6 is 50.1 Å². The Kier molecular flexibility index (Phi) is 4.81. The monoisotopic (exact) mass is 453 g/mol. The molecule has 2 aromatic carbocycles. The zero-order chi connectivity index (χ0) is 14.0. The molecule has 0 saturated carbocycles. The molecule has 1 N–H and O–H groups in total. The number of hydrogen-bond donors (Lipinski definition) is 1. The van der Waals surface area contributed by atoms with Gasteiger partial charge >= 0.3 is 0 Å². The number of amides is 1. The van der Waals surface area contributed by atoms with E-state index in [0.29, 0.717) is 11.3 Å². The van der Waals surface area contributed by atoms with Gasteiger partial charge in [-0.2, -0.15) is 0 Å². The largest absolute Gasteiger partial charge is 0.321 e. The standard InChI is InChI=1S/C13H7BrClFINO/c14-7-1-3-11(17)9(5-7)13(19)18-12-4-2-8(16)6-10(12)15/h1-6H,(H,18,19). The Hall–Kier alpha value is -0.660. The summed E-state index contributed by atoms with van der Waals surface area (Å²) in [7, 11) is 0. The van der Waals surface area contributed by atoms with Gasteiger partial charge in [0.2, 0.25) is 0 Å². The van der Waals surface area contributed by atoms with E-state index in [1.807, 2.05) is 12.1 Å². The van der Waals surface area contributed by atoms with Crippen LogP contribution < -0.4 is 5.32 Å². The second kappa shape index (κ2) is 6.19. The lowest BCUT2D eigenvalue weighted by molar-refractivity contribution is 0.102. The maximum Gasteiger partial charge on any atom is 0.256 e. The van der Waals surface area contributed by atoms with Gasteiger partial charge in [-0.05, 0) is 59.0 Å². The zero-order valence-electron chi connectivity index (χ0n) is 9.38. The first-order valence-electron chi connectivity index (χ1n) is 5.19. The normalized spacial score (nSPS) is 10.3. The van der Waals surface area contributed by atoms with Gasteiger partial charge in [-0.15, -0.1) is 0 Å². The van der Waals surface area contributed by atoms with Crippen molar-refractivity contribution in [2.24, 2.45) is 0 Å². The van der Waals surface area contributed by atoms with Gasteiger partial charge in [0.1, 0.15) is 5.82 Å². The highest BCUT2D eigenvalue weighted by atomic mass is 127. The third-order valence-corrected chi connectivity index (χ3v) is 4.10. The third kappa shape index (κ3) is 3.67. The fourth-order valence-electron chi connectivity index (χ4n) is 1.45. The quantitative estimate of drug-likeness (QED) is 0.629. The van der Waals surface area contributed by atoms with E-state index < -0.39 is 5.82 Å². The number of carbonyl (C=O) groups excluding carboxylic acids is 1. The Balaban J connectivity index is 2.28. The van der Waals surface area contributed by atoms with Crippen LogP contribution in [0, 0.1) is 9.39 Å². The first-order valence-corrected chi connectivity index (χ1v) is 7.44. The number of carbonyl (C=O) groups is 1. The van der Waals surface area contributed by atoms with Crippen LogP contribution in [0.1, 0.15) is 10.4 Å². The molecule has 0 aliphatic heterocycles. The Labute approximate surface area is 136 Å². The van der Waals surface area contributed by atoms with Crippen molar-refractivity contribution < 1.29 is 9.18 Å². The Morgan fingerprint density at radius 2 is 2.00 bits per heavy atom. The molecule has 0 unspecified atom stereocenters. The maximum absolute atomic E-state index is 12.9. The van der Waals surface area contributed by atoms with Crippen molar-refractivity contribution in [2.45, 2.75) is 0 Å². The summed E-state index contributed by atoms with van der Waals surface area (Å²) in [5, 5.41) is 2.82. The number of nitrogens with one attached hydrogen (secondary N) is 1. The molecule has 0 heterocycles. The molecule has 0 radical (unpaired) electrons. The number of rotatable bonds is 2. The number of hydrogen-bond acceptors (Lipinski definition) is 1. The average Bonchev–Trinajstić information content (AvgIpc) is 2.35. The topological polar surface area (TPSA) is 29.1 Å². The second-order valence-electron chi connectivity index (χ2n) is 3.70. The molecule has 1 amide bonds. The molecule has 0 aromatic heterocycles. The summed E-state index contributed by atoms with van der Waals surface area (Å²) < 4.78 is 14.5. The third-order valence-electron chi connectivity index (χ3n) is 2.35. The minimum Gasteiger partial charge on any atom is -0.321 e. The van der Waals surface area contributed by atoms with Crippen LogP contribution in [0.2, 0.25) is 5.02 Å². The lowest BCUT2D eigenvalue weighted by Gasteiger charge is -2.09. The van der Waals surface area contributed by atoms with E-state index in [2.05, 4.69) is 43.8 Å². The summed E-state index contributed by atoms with van der Waals surface area (Å²) in [4.78, 5) is 12.1. The van der Waals surface area contributed by atoms with Crippen molar-refractivity contribution in [1.29, 1.82) is 0 Å². The van der Waals surface area contributed by atoms with E-state index in [1.165, 1.54) is 12.1 Å². The lowest BCUT2D eigenvalue weighted by atomic mass is 10.2. The molecule has 2 aromatic rings. The van der Waals surface area contributed by atoms with Gasteiger partial charge in [0.05, 0.1) is 16.3 Å². The molecular weight excluding hydrogens is 447 g/mol. The maximum atomic E-state index is 12.9. The molecule has 0 atom stereocenters. The summed E-state index contributed by atoms with van der Waals surface area (Å²) in [6.07, 6.45) is 0. The van der Waals surface area contributed by atoms with Gasteiger partial charge in [0, 0.05) is 8.04 Å². The molecule has 0 bridgehead atoms. The predicted octanol–water partition coefficient (Wildman–Crippen LogP) is 5.10. The number of halogens is 4. The highest BCUT2D eigenvalue weighted by molar-refractivity contribution is 14.1. The smallest absolute Gasteiger partial charge is 0.256 e. The molecule has 0 spiro atoms. The van der Waals surface area contributed by atoms with Crippen molar-refractivity contribution in [1.82, 2.24) is 0 Å². The molecule has 98 valence electrons. The first kappa shape index (κ1) is 14.7. The van der Waals surface area contributed by atoms with Crippen LogP contribution in [0.3, 0.4) is 0 Å². The second-order valence-corrected chi connectivity index (χ2v) is 6.19. The number of anilines is 1. The minimum absolute atomic E-state index is 0.165. The highest BCUT2D eigenvalue weighted by Gasteiger charge is 2.12. The summed E-state index contributed by atoms with van der Waals surface area (Å²) in [5.41, 5.74) is 0.902. The number of benzene rings is 2. The molecule has 0 aliphatic rings. The van der Waals surface area contributed by atoms with Gasteiger partial charge < -0.3 is 5.32 Å². The summed E-state index contributed by atoms with van der Waals surface area (Å²) in [6.45, 7) is 0. The summed E-state index contributed by atoms with van der Waals surface area (Å²) in [6, 6.07) is 9.22. The Bertz CT molecular complexity index is 651. The van der Waals surface area contributed by atoms with E-state index in [9.17, 15) is 9.18 Å². The van der Waals surface area contributed by atoms with Crippen LogP contribution in [0.5, 0.6) is 0 Å². The van der Waals surface area contributed by atoms with Crippen molar-refractivity contribution in [3.8, 4) is 0 Å². The van der Waals surface area contributed by atoms with Gasteiger partial charge in [0.15, 0.2) is 0 Å². The van der Waals surface area contributed by atoms with Crippen molar-refractivity contribution in [2.75, 3.05) is 5.32 Å². The van der Waals surface area contributed by atoms with E-state index in [1.54, 1.807) is 6.07 Å². The van der Waals surface area contributed by atoms with Crippen molar-refractivity contribution >= 4 is 61.7 Å². The predicted molar refractivity (Wildman–Crippen MR) is 86.2 cm³/mol.